The number of nitrogens with zero attached hydrogens (tertiary/aromatic N) is 2. The third kappa shape index (κ3) is 5.43. The Balaban J connectivity index is 1.47. The highest BCUT2D eigenvalue weighted by atomic mass is 35.5. The molecule has 0 unspecified atom stereocenters. The van der Waals surface area contributed by atoms with Gasteiger partial charge in [-0.05, 0) is 42.5 Å². The van der Waals surface area contributed by atoms with Gasteiger partial charge < -0.3 is 14.6 Å². The van der Waals surface area contributed by atoms with Gasteiger partial charge in [0.25, 0.3) is 5.56 Å². The van der Waals surface area contributed by atoms with Crippen LogP contribution < -0.4 is 10.3 Å². The Morgan fingerprint density at radius 1 is 1.07 bits per heavy atom. The van der Waals surface area contributed by atoms with Gasteiger partial charge in [0, 0.05) is 10.0 Å². The molecule has 0 radical (unpaired) electrons. The third-order valence-electron chi connectivity index (χ3n) is 3.81. The van der Waals surface area contributed by atoms with Crippen molar-refractivity contribution >= 4 is 34.1 Å². The van der Waals surface area contributed by atoms with Crippen LogP contribution in [0.2, 0.25) is 10.0 Å². The number of benzene rings is 2. The van der Waals surface area contributed by atoms with Gasteiger partial charge in [0.2, 0.25) is 0 Å². The number of aliphatic hydroxyl groups is 1. The Hall–Kier alpha value is -2.12. The molecule has 1 aromatic heterocycles. The zero-order chi connectivity index (χ0) is 19.2. The van der Waals surface area contributed by atoms with Crippen LogP contribution in [0.25, 0.3) is 10.9 Å². The molecular weight excluding hydrogens is 391 g/mol. The molecule has 27 heavy (non-hydrogen) atoms. The smallest absolute Gasteiger partial charge is 0.261 e. The summed E-state index contributed by atoms with van der Waals surface area (Å²) in [6.45, 7) is 0.792. The standard InChI is InChI=1S/C19H18Cl2N2O4/c20-13-1-4-16(5-2-13)27-8-7-26-11-15(24)10-23-12-22-18-6-3-14(21)9-17(18)19(23)25/h1-6,9,12,15,24H,7-8,10-11H2/t15-/m0/s1. The molecular formula is C19H18Cl2N2O4. The summed E-state index contributed by atoms with van der Waals surface area (Å²) >= 11 is 11.7. The van der Waals surface area contributed by atoms with Gasteiger partial charge in [0.05, 0.1) is 43.1 Å². The average molecular weight is 409 g/mol. The molecule has 0 amide bonds. The molecule has 1 heterocycles. The zero-order valence-corrected chi connectivity index (χ0v) is 15.9. The number of hydrogen-bond acceptors (Lipinski definition) is 5. The normalized spacial score (nSPS) is 12.3. The van der Waals surface area contributed by atoms with Gasteiger partial charge in [0.1, 0.15) is 12.4 Å². The molecule has 0 aliphatic carbocycles. The largest absolute Gasteiger partial charge is 0.491 e. The summed E-state index contributed by atoms with van der Waals surface area (Å²) in [6.07, 6.45) is 0.558. The molecule has 0 aliphatic heterocycles. The minimum absolute atomic E-state index is 0.0734. The van der Waals surface area contributed by atoms with Crippen LogP contribution >= 0.6 is 23.2 Å². The lowest BCUT2D eigenvalue weighted by molar-refractivity contribution is 0.0169. The number of rotatable bonds is 8. The van der Waals surface area contributed by atoms with E-state index in [0.717, 1.165) is 0 Å². The van der Waals surface area contributed by atoms with Crippen LogP contribution in [0.5, 0.6) is 5.75 Å². The van der Waals surface area contributed by atoms with Gasteiger partial charge in [-0.3, -0.25) is 9.36 Å². The van der Waals surface area contributed by atoms with Gasteiger partial charge >= 0.3 is 0 Å². The lowest BCUT2D eigenvalue weighted by atomic mass is 10.2. The van der Waals surface area contributed by atoms with E-state index < -0.39 is 6.10 Å². The number of fused-ring (bicyclic) bond motifs is 1. The summed E-state index contributed by atoms with van der Waals surface area (Å²) in [6, 6.07) is 11.9. The monoisotopic (exact) mass is 408 g/mol. The lowest BCUT2D eigenvalue weighted by Crippen LogP contribution is -2.30. The van der Waals surface area contributed by atoms with Crippen LogP contribution in [-0.2, 0) is 11.3 Å². The summed E-state index contributed by atoms with van der Waals surface area (Å²) in [7, 11) is 0. The van der Waals surface area contributed by atoms with Crippen molar-refractivity contribution in [2.45, 2.75) is 12.6 Å². The Kier molecular flexibility index (Phi) is 6.68. The average Bonchev–Trinajstić information content (AvgIpc) is 2.66. The van der Waals surface area contributed by atoms with E-state index in [9.17, 15) is 9.90 Å². The van der Waals surface area contributed by atoms with Crippen molar-refractivity contribution in [3.8, 4) is 5.75 Å². The first-order valence-corrected chi connectivity index (χ1v) is 9.07. The highest BCUT2D eigenvalue weighted by Gasteiger charge is 2.10. The van der Waals surface area contributed by atoms with E-state index in [1.807, 2.05) is 0 Å². The SMILES string of the molecule is O=c1c2cc(Cl)ccc2ncn1C[C@H](O)COCCOc1ccc(Cl)cc1. The molecule has 0 spiro atoms. The molecule has 3 rings (SSSR count). The first-order valence-electron chi connectivity index (χ1n) is 8.32. The van der Waals surface area contributed by atoms with Crippen LogP contribution in [0.1, 0.15) is 0 Å². The molecule has 8 heteroatoms. The molecule has 0 bridgehead atoms. The van der Waals surface area contributed by atoms with Gasteiger partial charge in [-0.15, -0.1) is 0 Å². The summed E-state index contributed by atoms with van der Waals surface area (Å²) in [4.78, 5) is 16.7. The lowest BCUT2D eigenvalue weighted by Gasteiger charge is -2.13. The minimum Gasteiger partial charge on any atom is -0.491 e. The van der Waals surface area contributed by atoms with Crippen molar-refractivity contribution in [3.63, 3.8) is 0 Å². The van der Waals surface area contributed by atoms with E-state index in [-0.39, 0.29) is 18.7 Å². The van der Waals surface area contributed by atoms with Crippen molar-refractivity contribution < 1.29 is 14.6 Å². The molecule has 1 atom stereocenters. The number of aromatic nitrogens is 2. The number of hydrogen-bond donors (Lipinski definition) is 1. The fourth-order valence-corrected chi connectivity index (χ4v) is 2.81. The van der Waals surface area contributed by atoms with Crippen LogP contribution in [0.4, 0.5) is 0 Å². The molecule has 6 nitrogen and oxygen atoms in total. The van der Waals surface area contributed by atoms with Gasteiger partial charge in [-0.1, -0.05) is 23.2 Å². The van der Waals surface area contributed by atoms with Gasteiger partial charge in [0.15, 0.2) is 0 Å². The van der Waals surface area contributed by atoms with Crippen LogP contribution in [-0.4, -0.2) is 40.6 Å². The first kappa shape index (κ1) is 19.6. The molecule has 0 saturated heterocycles. The molecule has 2 aromatic carbocycles. The predicted octanol–water partition coefficient (Wildman–Crippen LogP) is 3.16. The number of ether oxygens (including phenoxy) is 2. The number of halogens is 2. The summed E-state index contributed by atoms with van der Waals surface area (Å²) < 4.78 is 12.2. The van der Waals surface area contributed by atoms with E-state index in [1.54, 1.807) is 42.5 Å². The Morgan fingerprint density at radius 3 is 2.59 bits per heavy atom. The number of aliphatic hydroxyl groups excluding tert-OH is 1. The molecule has 3 aromatic rings. The topological polar surface area (TPSA) is 73.6 Å². The summed E-state index contributed by atoms with van der Waals surface area (Å²) in [5.74, 6) is 0.691. The van der Waals surface area contributed by atoms with Crippen molar-refractivity contribution in [3.05, 3.63) is 69.2 Å². The van der Waals surface area contributed by atoms with Crippen LogP contribution in [0, 0.1) is 0 Å². The van der Waals surface area contributed by atoms with Crippen molar-refractivity contribution in [1.82, 2.24) is 9.55 Å². The van der Waals surface area contributed by atoms with Crippen molar-refractivity contribution in [1.29, 1.82) is 0 Å². The second kappa shape index (κ2) is 9.19. The van der Waals surface area contributed by atoms with Gasteiger partial charge in [-0.25, -0.2) is 4.98 Å². The van der Waals surface area contributed by atoms with E-state index in [1.165, 1.54) is 10.9 Å². The molecule has 142 valence electrons. The quantitative estimate of drug-likeness (QED) is 0.579. The Bertz CT molecular complexity index is 960. The maximum atomic E-state index is 12.5. The van der Waals surface area contributed by atoms with E-state index in [4.69, 9.17) is 32.7 Å². The van der Waals surface area contributed by atoms with E-state index in [2.05, 4.69) is 4.98 Å². The first-order chi connectivity index (χ1) is 13.0. The molecule has 0 aliphatic rings. The molecule has 1 N–H and O–H groups in total. The Labute approximate surface area is 165 Å². The van der Waals surface area contributed by atoms with Crippen molar-refractivity contribution in [2.75, 3.05) is 19.8 Å². The minimum atomic E-state index is -0.850. The maximum Gasteiger partial charge on any atom is 0.261 e. The van der Waals surface area contributed by atoms with Crippen molar-refractivity contribution in [2.24, 2.45) is 0 Å². The van der Waals surface area contributed by atoms with E-state index in [0.29, 0.717) is 39.9 Å². The van der Waals surface area contributed by atoms with Crippen LogP contribution in [0.15, 0.2) is 53.6 Å². The summed E-state index contributed by atoms with van der Waals surface area (Å²) in [5.41, 5.74) is 0.304. The maximum absolute atomic E-state index is 12.5. The summed E-state index contributed by atoms with van der Waals surface area (Å²) in [5, 5.41) is 11.6. The van der Waals surface area contributed by atoms with E-state index >= 15 is 0 Å². The Morgan fingerprint density at radius 2 is 1.81 bits per heavy atom. The highest BCUT2D eigenvalue weighted by molar-refractivity contribution is 6.31. The zero-order valence-electron chi connectivity index (χ0n) is 14.3. The second-order valence-corrected chi connectivity index (χ2v) is 6.77. The fourth-order valence-electron chi connectivity index (χ4n) is 2.51. The highest BCUT2D eigenvalue weighted by Crippen LogP contribution is 2.15. The second-order valence-electron chi connectivity index (χ2n) is 5.89. The fraction of sp³-hybridized carbons (Fsp3) is 0.263. The third-order valence-corrected chi connectivity index (χ3v) is 4.30. The molecule has 0 saturated carbocycles. The molecule has 0 fully saturated rings. The van der Waals surface area contributed by atoms with Gasteiger partial charge in [-0.2, -0.15) is 0 Å². The van der Waals surface area contributed by atoms with Crippen LogP contribution in [0.3, 0.4) is 0 Å². The predicted molar refractivity (Wildman–Crippen MR) is 105 cm³/mol.